The minimum Gasteiger partial charge on any atom is -0.342 e. The predicted molar refractivity (Wildman–Crippen MR) is 137 cm³/mol. The Morgan fingerprint density at radius 3 is 2.25 bits per heavy atom. The van der Waals surface area contributed by atoms with Crippen molar-refractivity contribution in [1.29, 1.82) is 0 Å². The molecule has 1 atom stereocenters. The van der Waals surface area contributed by atoms with Crippen LogP contribution < -0.4 is 5.32 Å². The molecule has 0 aliphatic carbocycles. The van der Waals surface area contributed by atoms with Gasteiger partial charge in [-0.15, -0.1) is 0 Å². The summed E-state index contributed by atoms with van der Waals surface area (Å²) < 4.78 is 13.1. The summed E-state index contributed by atoms with van der Waals surface area (Å²) in [5.74, 6) is -0.505. The molecule has 36 heavy (non-hydrogen) atoms. The summed E-state index contributed by atoms with van der Waals surface area (Å²) in [6, 6.07) is 11.9. The quantitative estimate of drug-likeness (QED) is 0.670. The molecular formula is C28H35FN4O3. The van der Waals surface area contributed by atoms with Crippen molar-refractivity contribution in [3.8, 4) is 0 Å². The first-order chi connectivity index (χ1) is 17.3. The highest BCUT2D eigenvalue weighted by Gasteiger charge is 2.32. The van der Waals surface area contributed by atoms with E-state index in [-0.39, 0.29) is 35.9 Å². The van der Waals surface area contributed by atoms with E-state index in [1.54, 1.807) is 17.0 Å². The third kappa shape index (κ3) is 6.49. The number of likely N-dealkylation sites (tertiary alicyclic amines) is 1. The molecule has 1 N–H and O–H groups in total. The van der Waals surface area contributed by atoms with Gasteiger partial charge in [-0.2, -0.15) is 0 Å². The van der Waals surface area contributed by atoms with Crippen LogP contribution in [0.2, 0.25) is 0 Å². The molecule has 0 spiro atoms. The van der Waals surface area contributed by atoms with Gasteiger partial charge in [0.15, 0.2) is 0 Å². The van der Waals surface area contributed by atoms with Crippen molar-refractivity contribution >= 4 is 23.4 Å². The Kier molecular flexibility index (Phi) is 8.36. The lowest BCUT2D eigenvalue weighted by atomic mass is 9.95. The number of hydrogen-bond acceptors (Lipinski definition) is 4. The van der Waals surface area contributed by atoms with E-state index in [0.717, 1.165) is 35.2 Å². The standard InChI is InChI=1S/C28H35FN4O3/c1-20-5-3-6-21(2)27(20)30-25(34)19-31-13-15-32(16-14-31)28(36)23-7-4-12-33(18-23)26(35)17-22-8-10-24(29)11-9-22/h3,5-6,8-11,23H,4,7,12-19H2,1-2H3,(H,30,34). The minimum atomic E-state index is -0.322. The summed E-state index contributed by atoms with van der Waals surface area (Å²) in [4.78, 5) is 44.3. The van der Waals surface area contributed by atoms with Gasteiger partial charge in [0.2, 0.25) is 17.7 Å². The number of anilines is 1. The summed E-state index contributed by atoms with van der Waals surface area (Å²) >= 11 is 0. The number of carbonyl (C=O) groups is 3. The molecule has 0 aromatic heterocycles. The number of nitrogens with zero attached hydrogens (tertiary/aromatic N) is 3. The van der Waals surface area contributed by atoms with Gasteiger partial charge >= 0.3 is 0 Å². The van der Waals surface area contributed by atoms with Crippen molar-refractivity contribution in [3.05, 3.63) is 65.0 Å². The largest absolute Gasteiger partial charge is 0.342 e. The molecule has 2 aliphatic heterocycles. The molecule has 2 aromatic carbocycles. The number of benzene rings is 2. The first-order valence-electron chi connectivity index (χ1n) is 12.7. The van der Waals surface area contributed by atoms with Crippen LogP contribution in [-0.2, 0) is 20.8 Å². The zero-order valence-electron chi connectivity index (χ0n) is 21.1. The van der Waals surface area contributed by atoms with Gasteiger partial charge in [-0.3, -0.25) is 19.3 Å². The van der Waals surface area contributed by atoms with Gasteiger partial charge in [0.25, 0.3) is 0 Å². The van der Waals surface area contributed by atoms with Crippen LogP contribution in [0, 0.1) is 25.6 Å². The van der Waals surface area contributed by atoms with Crippen molar-refractivity contribution in [2.24, 2.45) is 5.92 Å². The zero-order chi connectivity index (χ0) is 25.7. The van der Waals surface area contributed by atoms with Crippen molar-refractivity contribution in [3.63, 3.8) is 0 Å². The summed E-state index contributed by atoms with van der Waals surface area (Å²) in [6.07, 6.45) is 1.78. The molecule has 3 amide bonds. The fourth-order valence-electron chi connectivity index (χ4n) is 5.07. The Labute approximate surface area is 212 Å². The topological polar surface area (TPSA) is 73.0 Å². The van der Waals surface area contributed by atoms with Gasteiger partial charge < -0.3 is 15.1 Å². The zero-order valence-corrected chi connectivity index (χ0v) is 21.1. The molecule has 192 valence electrons. The van der Waals surface area contributed by atoms with Crippen molar-refractivity contribution in [2.45, 2.75) is 33.1 Å². The number of halogens is 1. The molecular weight excluding hydrogens is 459 g/mol. The molecule has 0 radical (unpaired) electrons. The molecule has 2 fully saturated rings. The number of piperidine rings is 1. The predicted octanol–water partition coefficient (Wildman–Crippen LogP) is 3.01. The summed E-state index contributed by atoms with van der Waals surface area (Å²) in [5, 5.41) is 3.03. The molecule has 1 unspecified atom stereocenters. The van der Waals surface area contributed by atoms with Gasteiger partial charge in [-0.05, 0) is 55.5 Å². The van der Waals surface area contributed by atoms with Crippen LogP contribution in [0.3, 0.4) is 0 Å². The van der Waals surface area contributed by atoms with E-state index in [1.807, 2.05) is 36.9 Å². The molecule has 7 nitrogen and oxygen atoms in total. The van der Waals surface area contributed by atoms with Crippen molar-refractivity contribution in [2.75, 3.05) is 51.1 Å². The monoisotopic (exact) mass is 494 g/mol. The molecule has 2 aliphatic rings. The lowest BCUT2D eigenvalue weighted by Crippen LogP contribution is -2.54. The van der Waals surface area contributed by atoms with Gasteiger partial charge in [0.1, 0.15) is 5.82 Å². The van der Waals surface area contributed by atoms with Crippen molar-refractivity contribution < 1.29 is 18.8 Å². The van der Waals surface area contributed by atoms with Crippen LogP contribution >= 0.6 is 0 Å². The third-order valence-corrected chi connectivity index (χ3v) is 7.19. The Hall–Kier alpha value is -3.26. The number of amides is 3. The van der Waals surface area contributed by atoms with Crippen molar-refractivity contribution in [1.82, 2.24) is 14.7 Å². The van der Waals surface area contributed by atoms with Crippen LogP contribution in [0.1, 0.15) is 29.5 Å². The maximum Gasteiger partial charge on any atom is 0.238 e. The number of hydrogen-bond donors (Lipinski definition) is 1. The highest BCUT2D eigenvalue weighted by Crippen LogP contribution is 2.22. The number of carbonyl (C=O) groups excluding carboxylic acids is 3. The number of piperazine rings is 1. The van der Waals surface area contributed by atoms with Gasteiger partial charge in [0.05, 0.1) is 18.9 Å². The Morgan fingerprint density at radius 1 is 0.917 bits per heavy atom. The smallest absolute Gasteiger partial charge is 0.238 e. The van der Waals surface area contributed by atoms with Crippen LogP contribution in [0.4, 0.5) is 10.1 Å². The van der Waals surface area contributed by atoms with E-state index in [2.05, 4.69) is 10.2 Å². The maximum absolute atomic E-state index is 13.2. The molecule has 2 heterocycles. The maximum atomic E-state index is 13.2. The molecule has 4 rings (SSSR count). The number of aryl methyl sites for hydroxylation is 2. The van der Waals surface area contributed by atoms with Crippen LogP contribution in [-0.4, -0.2) is 78.2 Å². The highest BCUT2D eigenvalue weighted by molar-refractivity contribution is 5.93. The second-order valence-corrected chi connectivity index (χ2v) is 9.90. The Morgan fingerprint density at radius 2 is 1.58 bits per heavy atom. The van der Waals surface area contributed by atoms with Gasteiger partial charge in [-0.25, -0.2) is 4.39 Å². The van der Waals surface area contributed by atoms with E-state index in [0.29, 0.717) is 45.8 Å². The SMILES string of the molecule is Cc1cccc(C)c1NC(=O)CN1CCN(C(=O)C2CCCN(C(=O)Cc3ccc(F)cc3)C2)CC1. The van der Waals surface area contributed by atoms with E-state index >= 15 is 0 Å². The lowest BCUT2D eigenvalue weighted by Gasteiger charge is -2.39. The van der Waals surface area contributed by atoms with E-state index < -0.39 is 0 Å². The fraction of sp³-hybridized carbons (Fsp3) is 0.464. The van der Waals surface area contributed by atoms with Gasteiger partial charge in [0, 0.05) is 45.0 Å². The molecule has 8 heteroatoms. The van der Waals surface area contributed by atoms with Crippen LogP contribution in [0.5, 0.6) is 0 Å². The average molecular weight is 495 g/mol. The molecule has 0 bridgehead atoms. The lowest BCUT2D eigenvalue weighted by molar-refractivity contribution is -0.142. The second kappa shape index (κ2) is 11.6. The first-order valence-corrected chi connectivity index (χ1v) is 12.7. The highest BCUT2D eigenvalue weighted by atomic mass is 19.1. The van der Waals surface area contributed by atoms with Crippen LogP contribution in [0.15, 0.2) is 42.5 Å². The first kappa shape index (κ1) is 25.8. The summed E-state index contributed by atoms with van der Waals surface area (Å²) in [7, 11) is 0. The number of rotatable bonds is 6. The second-order valence-electron chi connectivity index (χ2n) is 9.90. The van der Waals surface area contributed by atoms with Gasteiger partial charge in [-0.1, -0.05) is 30.3 Å². The van der Waals surface area contributed by atoms with Crippen LogP contribution in [0.25, 0.3) is 0 Å². The van der Waals surface area contributed by atoms with E-state index in [9.17, 15) is 18.8 Å². The fourth-order valence-corrected chi connectivity index (χ4v) is 5.07. The van der Waals surface area contributed by atoms with E-state index in [1.165, 1.54) is 12.1 Å². The summed E-state index contributed by atoms with van der Waals surface area (Å²) in [6.45, 7) is 7.78. The van der Waals surface area contributed by atoms with E-state index in [4.69, 9.17) is 0 Å². The third-order valence-electron chi connectivity index (χ3n) is 7.19. The molecule has 0 saturated carbocycles. The summed E-state index contributed by atoms with van der Waals surface area (Å²) in [5.41, 5.74) is 3.72. The average Bonchev–Trinajstić information content (AvgIpc) is 2.88. The normalized spacial score (nSPS) is 18.7. The molecule has 2 aromatic rings. The number of para-hydroxylation sites is 1. The number of nitrogens with one attached hydrogen (secondary N) is 1. The minimum absolute atomic E-state index is 0.0289. The molecule has 2 saturated heterocycles. The Balaban J connectivity index is 1.24. The Bertz CT molecular complexity index is 1080.